The zero-order valence-electron chi connectivity index (χ0n) is 8.85. The van der Waals surface area contributed by atoms with Gasteiger partial charge in [-0.15, -0.1) is 0 Å². The smallest absolute Gasteiger partial charge is 0.347 e. The number of aromatic nitrogens is 1. The molecule has 0 bridgehead atoms. The molecule has 0 unspecified atom stereocenters. The van der Waals surface area contributed by atoms with Crippen LogP contribution in [0.2, 0.25) is 0 Å². The predicted octanol–water partition coefficient (Wildman–Crippen LogP) is 0.606. The van der Waals surface area contributed by atoms with Crippen LogP contribution in [0.5, 0.6) is 0 Å². The molecule has 1 aromatic rings. The van der Waals surface area contributed by atoms with Gasteiger partial charge in [-0.2, -0.15) is 0 Å². The Morgan fingerprint density at radius 2 is 2.19 bits per heavy atom. The van der Waals surface area contributed by atoms with E-state index in [1.165, 1.54) is 0 Å². The van der Waals surface area contributed by atoms with E-state index < -0.39 is 15.8 Å². The molecule has 2 N–H and O–H groups in total. The molecule has 1 aromatic heterocycles. The van der Waals surface area contributed by atoms with E-state index in [0.29, 0.717) is 10.8 Å². The SMILES string of the molecule is Cc1nc(NCCS(C)(=O)=O)sc1C(=O)O. The third-order valence-corrected chi connectivity index (χ3v) is 3.79. The second-order valence-electron chi connectivity index (χ2n) is 3.30. The molecule has 90 valence electrons. The number of nitrogens with one attached hydrogen (secondary N) is 1. The first-order valence-electron chi connectivity index (χ1n) is 4.42. The van der Waals surface area contributed by atoms with Crippen LogP contribution in [0.15, 0.2) is 0 Å². The second kappa shape index (κ2) is 4.79. The summed E-state index contributed by atoms with van der Waals surface area (Å²) in [5, 5.41) is 12.0. The predicted molar refractivity (Wildman–Crippen MR) is 62.0 cm³/mol. The van der Waals surface area contributed by atoms with Crippen molar-refractivity contribution >= 4 is 32.3 Å². The number of nitrogens with zero attached hydrogens (tertiary/aromatic N) is 1. The van der Waals surface area contributed by atoms with Crippen LogP contribution >= 0.6 is 11.3 Å². The van der Waals surface area contributed by atoms with Crippen LogP contribution in [-0.2, 0) is 9.84 Å². The van der Waals surface area contributed by atoms with Crippen molar-refractivity contribution in [3.8, 4) is 0 Å². The lowest BCUT2D eigenvalue weighted by Crippen LogP contribution is -2.13. The third kappa shape index (κ3) is 3.78. The van der Waals surface area contributed by atoms with Crippen molar-refractivity contribution in [1.29, 1.82) is 0 Å². The topological polar surface area (TPSA) is 96.4 Å². The molecule has 8 heteroatoms. The van der Waals surface area contributed by atoms with E-state index in [2.05, 4.69) is 10.3 Å². The van der Waals surface area contributed by atoms with Crippen molar-refractivity contribution in [3.05, 3.63) is 10.6 Å². The van der Waals surface area contributed by atoms with E-state index in [4.69, 9.17) is 5.11 Å². The van der Waals surface area contributed by atoms with Crippen LogP contribution in [-0.4, -0.2) is 43.0 Å². The minimum atomic E-state index is -3.02. The Bertz CT molecular complexity index is 492. The number of rotatable bonds is 5. The normalized spacial score (nSPS) is 11.4. The van der Waals surface area contributed by atoms with Gasteiger partial charge in [0.2, 0.25) is 0 Å². The standard InChI is InChI=1S/C8H12N2O4S2/c1-5-6(7(11)12)15-8(10-5)9-3-4-16(2,13)14/h3-4H2,1-2H3,(H,9,10)(H,11,12). The van der Waals surface area contributed by atoms with Crippen molar-refractivity contribution in [2.24, 2.45) is 0 Å². The molecular weight excluding hydrogens is 252 g/mol. The number of aromatic carboxylic acids is 1. The summed E-state index contributed by atoms with van der Waals surface area (Å²) in [6, 6.07) is 0. The molecule has 0 aliphatic rings. The first kappa shape index (κ1) is 12.9. The molecule has 1 rings (SSSR count). The highest BCUT2D eigenvalue weighted by Crippen LogP contribution is 2.21. The van der Waals surface area contributed by atoms with Crippen molar-refractivity contribution in [3.63, 3.8) is 0 Å². The van der Waals surface area contributed by atoms with Gasteiger partial charge < -0.3 is 10.4 Å². The molecular formula is C8H12N2O4S2. The summed E-state index contributed by atoms with van der Waals surface area (Å²) in [6.07, 6.45) is 1.14. The number of aryl methyl sites for hydroxylation is 1. The van der Waals surface area contributed by atoms with Gasteiger partial charge in [0, 0.05) is 12.8 Å². The Morgan fingerprint density at radius 3 is 2.62 bits per heavy atom. The Balaban J connectivity index is 2.62. The molecule has 0 aliphatic carbocycles. The van der Waals surface area contributed by atoms with Crippen LogP contribution in [0.3, 0.4) is 0 Å². The molecule has 0 atom stereocenters. The maximum Gasteiger partial charge on any atom is 0.347 e. The minimum Gasteiger partial charge on any atom is -0.477 e. The van der Waals surface area contributed by atoms with Crippen LogP contribution < -0.4 is 5.32 Å². The summed E-state index contributed by atoms with van der Waals surface area (Å²) in [4.78, 5) is 14.9. The van der Waals surface area contributed by atoms with E-state index in [9.17, 15) is 13.2 Å². The number of carboxylic acid groups (broad SMARTS) is 1. The van der Waals surface area contributed by atoms with Gasteiger partial charge in [-0.05, 0) is 6.92 Å². The summed E-state index contributed by atoms with van der Waals surface area (Å²) in [7, 11) is -3.02. The highest BCUT2D eigenvalue weighted by Gasteiger charge is 2.13. The number of thiazole rings is 1. The Kier molecular flexibility index (Phi) is 3.87. The number of hydrogen-bond donors (Lipinski definition) is 2. The van der Waals surface area contributed by atoms with Gasteiger partial charge in [-0.1, -0.05) is 11.3 Å². The van der Waals surface area contributed by atoms with E-state index in [0.717, 1.165) is 17.6 Å². The van der Waals surface area contributed by atoms with Crippen LogP contribution in [0.25, 0.3) is 0 Å². The van der Waals surface area contributed by atoms with Crippen LogP contribution in [0.1, 0.15) is 15.4 Å². The highest BCUT2D eigenvalue weighted by atomic mass is 32.2. The number of carboxylic acids is 1. The first-order chi connectivity index (χ1) is 7.29. The van der Waals surface area contributed by atoms with E-state index >= 15 is 0 Å². The quantitative estimate of drug-likeness (QED) is 0.808. The number of anilines is 1. The summed E-state index contributed by atoms with van der Waals surface area (Å²) < 4.78 is 21.7. The largest absolute Gasteiger partial charge is 0.477 e. The second-order valence-corrected chi connectivity index (χ2v) is 6.55. The maximum atomic E-state index is 10.9. The molecule has 0 saturated carbocycles. The van der Waals surface area contributed by atoms with Gasteiger partial charge in [-0.25, -0.2) is 18.2 Å². The zero-order chi connectivity index (χ0) is 12.3. The minimum absolute atomic E-state index is 0.00592. The monoisotopic (exact) mass is 264 g/mol. The van der Waals surface area contributed by atoms with Gasteiger partial charge in [0.05, 0.1) is 11.4 Å². The average Bonchev–Trinajstić information content (AvgIpc) is 2.44. The van der Waals surface area contributed by atoms with Gasteiger partial charge in [0.25, 0.3) is 0 Å². The Hall–Kier alpha value is -1.15. The van der Waals surface area contributed by atoms with E-state index in [1.54, 1.807) is 6.92 Å². The van der Waals surface area contributed by atoms with Gasteiger partial charge in [0.15, 0.2) is 5.13 Å². The lowest BCUT2D eigenvalue weighted by Gasteiger charge is -1.99. The van der Waals surface area contributed by atoms with Crippen molar-refractivity contribution in [2.75, 3.05) is 23.9 Å². The Morgan fingerprint density at radius 1 is 1.56 bits per heavy atom. The van der Waals surface area contributed by atoms with Crippen LogP contribution in [0.4, 0.5) is 5.13 Å². The van der Waals surface area contributed by atoms with Crippen molar-refractivity contribution < 1.29 is 18.3 Å². The fourth-order valence-electron chi connectivity index (χ4n) is 1.01. The molecule has 0 amide bonds. The van der Waals surface area contributed by atoms with Crippen molar-refractivity contribution in [2.45, 2.75) is 6.92 Å². The molecule has 0 aromatic carbocycles. The average molecular weight is 264 g/mol. The van der Waals surface area contributed by atoms with E-state index in [1.807, 2.05) is 0 Å². The molecule has 0 spiro atoms. The van der Waals surface area contributed by atoms with Gasteiger partial charge >= 0.3 is 5.97 Å². The molecule has 0 aliphatic heterocycles. The molecule has 0 radical (unpaired) electrons. The maximum absolute atomic E-state index is 10.9. The summed E-state index contributed by atoms with van der Waals surface area (Å²) in [6.45, 7) is 1.83. The number of sulfone groups is 1. The Labute approximate surface area is 97.2 Å². The van der Waals surface area contributed by atoms with Crippen LogP contribution in [0, 0.1) is 6.92 Å². The zero-order valence-corrected chi connectivity index (χ0v) is 10.5. The molecule has 16 heavy (non-hydrogen) atoms. The molecule has 0 saturated heterocycles. The first-order valence-corrected chi connectivity index (χ1v) is 7.29. The number of carbonyl (C=O) groups is 1. The molecule has 0 fully saturated rings. The summed E-state index contributed by atoms with van der Waals surface area (Å²) in [5.74, 6) is -1.03. The molecule has 6 nitrogen and oxygen atoms in total. The third-order valence-electron chi connectivity index (χ3n) is 1.74. The number of hydrogen-bond acceptors (Lipinski definition) is 6. The van der Waals surface area contributed by atoms with Gasteiger partial charge in [0.1, 0.15) is 14.7 Å². The summed E-state index contributed by atoms with van der Waals surface area (Å²) >= 11 is 1.00. The van der Waals surface area contributed by atoms with Gasteiger partial charge in [-0.3, -0.25) is 0 Å². The fourth-order valence-corrected chi connectivity index (χ4v) is 2.32. The highest BCUT2D eigenvalue weighted by molar-refractivity contribution is 7.90. The van der Waals surface area contributed by atoms with Crippen molar-refractivity contribution in [1.82, 2.24) is 4.98 Å². The lowest BCUT2D eigenvalue weighted by atomic mass is 10.4. The fraction of sp³-hybridized carbons (Fsp3) is 0.500. The lowest BCUT2D eigenvalue weighted by molar-refractivity contribution is 0.0701. The summed E-state index contributed by atoms with van der Waals surface area (Å²) in [5.41, 5.74) is 0.430. The molecule has 1 heterocycles. The van der Waals surface area contributed by atoms with E-state index in [-0.39, 0.29) is 17.2 Å².